The number of rotatable bonds is 3. The Kier molecular flexibility index (Phi) is 4.01. The Balaban J connectivity index is 1.56. The molecule has 5 nitrogen and oxygen atoms in total. The molecular weight excluding hydrogens is 268 g/mol. The lowest BCUT2D eigenvalue weighted by Gasteiger charge is -2.34. The van der Waals surface area contributed by atoms with Gasteiger partial charge in [-0.15, -0.1) is 0 Å². The molecule has 2 aliphatic heterocycles. The third-order valence-corrected chi connectivity index (χ3v) is 3.97. The highest BCUT2D eigenvalue weighted by molar-refractivity contribution is 5.92. The van der Waals surface area contributed by atoms with Gasteiger partial charge in [0.25, 0.3) is 0 Å². The highest BCUT2D eigenvalue weighted by atomic mass is 16.7. The normalized spacial score (nSPS) is 24.9. The first kappa shape index (κ1) is 14.2. The number of ether oxygens (including phenoxy) is 2. The summed E-state index contributed by atoms with van der Waals surface area (Å²) < 4.78 is 10.6. The van der Waals surface area contributed by atoms with Gasteiger partial charge in [-0.05, 0) is 30.4 Å². The number of nitrogens with one attached hydrogen (secondary N) is 1. The molecule has 0 saturated carbocycles. The number of anilines is 1. The van der Waals surface area contributed by atoms with Crippen molar-refractivity contribution >= 4 is 11.6 Å². The number of amides is 1. The quantitative estimate of drug-likeness (QED) is 0.928. The molecule has 0 radical (unpaired) electrons. The number of hydrogen-bond donors (Lipinski definition) is 1. The molecule has 0 spiro atoms. The number of hydrogen-bond acceptors (Lipinski definition) is 4. The molecule has 1 N–H and O–H groups in total. The molecular formula is C16H22N2O3. The Hall–Kier alpha value is -1.75. The molecule has 1 aromatic carbocycles. The SMILES string of the molecule is C[C@@H]1C[C@H](C)CN(CC(=O)Nc2ccc3c(c2)OCO3)C1. The van der Waals surface area contributed by atoms with Gasteiger partial charge in [-0.2, -0.15) is 0 Å². The minimum absolute atomic E-state index is 0.0233. The van der Waals surface area contributed by atoms with Crippen LogP contribution in [0.2, 0.25) is 0 Å². The van der Waals surface area contributed by atoms with Crippen molar-refractivity contribution in [2.75, 3.05) is 31.7 Å². The number of fused-ring (bicyclic) bond motifs is 1. The lowest BCUT2D eigenvalue weighted by atomic mass is 9.92. The molecule has 2 aliphatic rings. The van der Waals surface area contributed by atoms with Crippen LogP contribution in [0.4, 0.5) is 5.69 Å². The molecule has 114 valence electrons. The fourth-order valence-corrected chi connectivity index (χ4v) is 3.30. The van der Waals surface area contributed by atoms with E-state index in [-0.39, 0.29) is 12.7 Å². The molecule has 0 aliphatic carbocycles. The summed E-state index contributed by atoms with van der Waals surface area (Å²) in [6.45, 7) is 7.19. The van der Waals surface area contributed by atoms with Gasteiger partial charge in [0.2, 0.25) is 12.7 Å². The summed E-state index contributed by atoms with van der Waals surface area (Å²) in [5.74, 6) is 2.76. The summed E-state index contributed by atoms with van der Waals surface area (Å²) in [6, 6.07) is 5.47. The van der Waals surface area contributed by atoms with Crippen LogP contribution in [0.15, 0.2) is 18.2 Å². The fourth-order valence-electron chi connectivity index (χ4n) is 3.30. The molecule has 0 aromatic heterocycles. The van der Waals surface area contributed by atoms with Gasteiger partial charge >= 0.3 is 0 Å². The Labute approximate surface area is 125 Å². The zero-order chi connectivity index (χ0) is 14.8. The van der Waals surface area contributed by atoms with Crippen molar-refractivity contribution in [2.24, 2.45) is 11.8 Å². The molecule has 1 fully saturated rings. The number of benzene rings is 1. The zero-order valence-electron chi connectivity index (χ0n) is 12.6. The predicted molar refractivity (Wildman–Crippen MR) is 80.6 cm³/mol. The van der Waals surface area contributed by atoms with E-state index in [1.807, 2.05) is 18.2 Å². The van der Waals surface area contributed by atoms with E-state index < -0.39 is 0 Å². The summed E-state index contributed by atoms with van der Waals surface area (Å²) in [5.41, 5.74) is 0.752. The van der Waals surface area contributed by atoms with Crippen LogP contribution in [-0.2, 0) is 4.79 Å². The van der Waals surface area contributed by atoms with E-state index >= 15 is 0 Å². The number of likely N-dealkylation sites (tertiary alicyclic amines) is 1. The molecule has 1 aromatic rings. The van der Waals surface area contributed by atoms with Crippen LogP contribution in [-0.4, -0.2) is 37.2 Å². The Morgan fingerprint density at radius 2 is 1.95 bits per heavy atom. The average molecular weight is 290 g/mol. The molecule has 1 saturated heterocycles. The van der Waals surface area contributed by atoms with Crippen LogP contribution < -0.4 is 14.8 Å². The lowest BCUT2D eigenvalue weighted by molar-refractivity contribution is -0.117. The van der Waals surface area contributed by atoms with Crippen LogP contribution in [0.25, 0.3) is 0 Å². The summed E-state index contributed by atoms with van der Waals surface area (Å²) in [4.78, 5) is 14.4. The highest BCUT2D eigenvalue weighted by Gasteiger charge is 2.23. The third-order valence-electron chi connectivity index (χ3n) is 3.97. The maximum atomic E-state index is 12.2. The maximum absolute atomic E-state index is 12.2. The fraction of sp³-hybridized carbons (Fsp3) is 0.562. The first-order valence-electron chi connectivity index (χ1n) is 7.52. The standard InChI is InChI=1S/C16H22N2O3/c1-11-5-12(2)8-18(7-11)9-16(19)17-13-3-4-14-15(6-13)21-10-20-14/h3-4,6,11-12H,5,7-10H2,1-2H3,(H,17,19)/t11-,12+. The molecule has 1 amide bonds. The Morgan fingerprint density at radius 1 is 1.24 bits per heavy atom. The second kappa shape index (κ2) is 5.93. The van der Waals surface area contributed by atoms with E-state index in [4.69, 9.17) is 9.47 Å². The minimum atomic E-state index is 0.0233. The number of piperidine rings is 1. The number of carbonyl (C=O) groups is 1. The van der Waals surface area contributed by atoms with Crippen molar-refractivity contribution in [1.82, 2.24) is 4.90 Å². The van der Waals surface area contributed by atoms with Crippen LogP contribution >= 0.6 is 0 Å². The van der Waals surface area contributed by atoms with Gasteiger partial charge in [0.05, 0.1) is 6.54 Å². The topological polar surface area (TPSA) is 50.8 Å². The molecule has 2 atom stereocenters. The van der Waals surface area contributed by atoms with Crippen molar-refractivity contribution in [3.63, 3.8) is 0 Å². The van der Waals surface area contributed by atoms with Crippen LogP contribution in [0.1, 0.15) is 20.3 Å². The summed E-state index contributed by atoms with van der Waals surface area (Å²) >= 11 is 0. The van der Waals surface area contributed by atoms with Crippen molar-refractivity contribution in [2.45, 2.75) is 20.3 Å². The monoisotopic (exact) mass is 290 g/mol. The number of carbonyl (C=O) groups excluding carboxylic acids is 1. The summed E-state index contributed by atoms with van der Waals surface area (Å²) in [5, 5.41) is 2.93. The summed E-state index contributed by atoms with van der Waals surface area (Å²) in [7, 11) is 0. The van der Waals surface area contributed by atoms with Crippen molar-refractivity contribution in [1.29, 1.82) is 0 Å². The van der Waals surface area contributed by atoms with E-state index in [1.165, 1.54) is 6.42 Å². The number of nitrogens with zero attached hydrogens (tertiary/aromatic N) is 1. The van der Waals surface area contributed by atoms with Gasteiger partial charge in [-0.1, -0.05) is 13.8 Å². The van der Waals surface area contributed by atoms with Gasteiger partial charge < -0.3 is 14.8 Å². The molecule has 2 heterocycles. The van der Waals surface area contributed by atoms with Crippen LogP contribution in [0.5, 0.6) is 11.5 Å². The predicted octanol–water partition coefficient (Wildman–Crippen LogP) is 2.33. The van der Waals surface area contributed by atoms with E-state index in [1.54, 1.807) is 0 Å². The lowest BCUT2D eigenvalue weighted by Crippen LogP contribution is -2.42. The average Bonchev–Trinajstić information content (AvgIpc) is 2.84. The maximum Gasteiger partial charge on any atom is 0.238 e. The zero-order valence-corrected chi connectivity index (χ0v) is 12.6. The molecule has 0 unspecified atom stereocenters. The van der Waals surface area contributed by atoms with Gasteiger partial charge in [0, 0.05) is 24.8 Å². The smallest absolute Gasteiger partial charge is 0.238 e. The molecule has 5 heteroatoms. The molecule has 21 heavy (non-hydrogen) atoms. The Bertz CT molecular complexity index is 522. The second-order valence-corrected chi connectivity index (χ2v) is 6.26. The van der Waals surface area contributed by atoms with Gasteiger partial charge in [-0.25, -0.2) is 0 Å². The largest absolute Gasteiger partial charge is 0.454 e. The minimum Gasteiger partial charge on any atom is -0.454 e. The third kappa shape index (κ3) is 3.47. The Morgan fingerprint density at radius 3 is 2.71 bits per heavy atom. The van der Waals surface area contributed by atoms with Crippen molar-refractivity contribution in [3.8, 4) is 11.5 Å². The molecule has 3 rings (SSSR count). The van der Waals surface area contributed by atoms with E-state index in [0.29, 0.717) is 24.1 Å². The van der Waals surface area contributed by atoms with Crippen molar-refractivity contribution in [3.05, 3.63) is 18.2 Å². The van der Waals surface area contributed by atoms with Crippen LogP contribution in [0.3, 0.4) is 0 Å². The van der Waals surface area contributed by atoms with E-state index in [2.05, 4.69) is 24.1 Å². The first-order valence-corrected chi connectivity index (χ1v) is 7.52. The summed E-state index contributed by atoms with van der Waals surface area (Å²) in [6.07, 6.45) is 1.25. The van der Waals surface area contributed by atoms with E-state index in [0.717, 1.165) is 24.5 Å². The first-order chi connectivity index (χ1) is 10.1. The van der Waals surface area contributed by atoms with Gasteiger partial charge in [0.15, 0.2) is 11.5 Å². The van der Waals surface area contributed by atoms with Gasteiger partial charge in [0.1, 0.15) is 0 Å². The second-order valence-electron chi connectivity index (χ2n) is 6.26. The highest BCUT2D eigenvalue weighted by Crippen LogP contribution is 2.34. The van der Waals surface area contributed by atoms with E-state index in [9.17, 15) is 4.79 Å². The van der Waals surface area contributed by atoms with Crippen molar-refractivity contribution < 1.29 is 14.3 Å². The van der Waals surface area contributed by atoms with Gasteiger partial charge in [-0.3, -0.25) is 9.69 Å². The van der Waals surface area contributed by atoms with Crippen LogP contribution in [0, 0.1) is 11.8 Å². The molecule has 0 bridgehead atoms.